The van der Waals surface area contributed by atoms with Crippen LogP contribution in [0.3, 0.4) is 0 Å². The van der Waals surface area contributed by atoms with Gasteiger partial charge < -0.3 is 5.32 Å². The van der Waals surface area contributed by atoms with Gasteiger partial charge in [0, 0.05) is 17.1 Å². The van der Waals surface area contributed by atoms with Crippen LogP contribution in [0.5, 0.6) is 0 Å². The van der Waals surface area contributed by atoms with Gasteiger partial charge in [0.25, 0.3) is 0 Å². The summed E-state index contributed by atoms with van der Waals surface area (Å²) < 4.78 is 0. The van der Waals surface area contributed by atoms with Gasteiger partial charge in [0.05, 0.1) is 11.7 Å². The third-order valence-electron chi connectivity index (χ3n) is 4.63. The molecule has 1 saturated carbocycles. The van der Waals surface area contributed by atoms with Crippen molar-refractivity contribution < 1.29 is 0 Å². The zero-order chi connectivity index (χ0) is 13.8. The van der Waals surface area contributed by atoms with Gasteiger partial charge in [-0.2, -0.15) is 5.10 Å². The molecule has 1 aliphatic rings. The fourth-order valence-corrected chi connectivity index (χ4v) is 3.53. The molecule has 3 rings (SSSR count). The summed E-state index contributed by atoms with van der Waals surface area (Å²) in [4.78, 5) is 0. The lowest BCUT2D eigenvalue weighted by Gasteiger charge is -2.18. The minimum atomic E-state index is 0.623. The van der Waals surface area contributed by atoms with E-state index in [0.29, 0.717) is 6.04 Å². The van der Waals surface area contributed by atoms with Gasteiger partial charge in [-0.25, -0.2) is 0 Å². The Balaban J connectivity index is 1.67. The Bertz CT molecular complexity index is 546. The van der Waals surface area contributed by atoms with E-state index in [1.165, 1.54) is 56.0 Å². The van der Waals surface area contributed by atoms with Crippen molar-refractivity contribution >= 4 is 16.6 Å². The monoisotopic (exact) mass is 271 g/mol. The fraction of sp³-hybridized carbons (Fsp3) is 0.588. The van der Waals surface area contributed by atoms with E-state index in [2.05, 4.69) is 40.6 Å². The average molecular weight is 271 g/mol. The summed E-state index contributed by atoms with van der Waals surface area (Å²) in [6, 6.07) is 6.97. The molecular weight excluding hydrogens is 246 g/mol. The number of aromatic nitrogens is 2. The van der Waals surface area contributed by atoms with Gasteiger partial charge in [0.2, 0.25) is 0 Å². The summed E-state index contributed by atoms with van der Waals surface area (Å²) in [5, 5.41) is 12.2. The van der Waals surface area contributed by atoms with Crippen LogP contribution in [-0.4, -0.2) is 16.2 Å². The maximum atomic E-state index is 4.14. The van der Waals surface area contributed by atoms with Crippen LogP contribution >= 0.6 is 0 Å². The number of fused-ring (bicyclic) bond motifs is 1. The molecule has 2 atom stereocenters. The van der Waals surface area contributed by atoms with Crippen molar-refractivity contribution in [1.82, 2.24) is 10.2 Å². The second-order valence-electron chi connectivity index (χ2n) is 6.14. The predicted molar refractivity (Wildman–Crippen MR) is 85.0 cm³/mol. The number of benzene rings is 1. The largest absolute Gasteiger partial charge is 0.382 e. The topological polar surface area (TPSA) is 40.7 Å². The normalized spacial score (nSPS) is 23.6. The highest BCUT2D eigenvalue weighted by Gasteiger charge is 2.18. The number of hydrogen-bond donors (Lipinski definition) is 2. The highest BCUT2D eigenvalue weighted by molar-refractivity contribution is 5.90. The van der Waals surface area contributed by atoms with Crippen LogP contribution in [0.1, 0.15) is 51.9 Å². The molecule has 0 amide bonds. The minimum Gasteiger partial charge on any atom is -0.382 e. The molecule has 1 heterocycles. The van der Waals surface area contributed by atoms with E-state index in [-0.39, 0.29) is 0 Å². The molecular formula is C17H25N3. The quantitative estimate of drug-likeness (QED) is 0.790. The van der Waals surface area contributed by atoms with Gasteiger partial charge in [-0.05, 0) is 37.3 Å². The molecule has 2 unspecified atom stereocenters. The van der Waals surface area contributed by atoms with E-state index in [0.717, 1.165) is 11.4 Å². The van der Waals surface area contributed by atoms with E-state index in [1.807, 2.05) is 6.20 Å². The first-order chi connectivity index (χ1) is 9.86. The van der Waals surface area contributed by atoms with Crippen molar-refractivity contribution in [3.8, 4) is 0 Å². The molecule has 1 aliphatic carbocycles. The number of aromatic amines is 1. The number of nitrogens with zero attached hydrogens (tertiary/aromatic N) is 1. The van der Waals surface area contributed by atoms with Gasteiger partial charge in [-0.3, -0.25) is 5.10 Å². The van der Waals surface area contributed by atoms with E-state index in [9.17, 15) is 0 Å². The summed E-state index contributed by atoms with van der Waals surface area (Å²) in [7, 11) is 0. The van der Waals surface area contributed by atoms with Crippen molar-refractivity contribution in [2.24, 2.45) is 5.92 Å². The van der Waals surface area contributed by atoms with Crippen LogP contribution in [-0.2, 0) is 0 Å². The Morgan fingerprint density at radius 3 is 3.10 bits per heavy atom. The van der Waals surface area contributed by atoms with Crippen molar-refractivity contribution in [1.29, 1.82) is 0 Å². The van der Waals surface area contributed by atoms with Crippen LogP contribution in [0.25, 0.3) is 10.9 Å². The summed E-state index contributed by atoms with van der Waals surface area (Å²) in [6.07, 6.45) is 11.4. The molecule has 1 fully saturated rings. The van der Waals surface area contributed by atoms with E-state index in [1.54, 1.807) is 0 Å². The Morgan fingerprint density at radius 2 is 2.20 bits per heavy atom. The maximum absolute atomic E-state index is 4.14. The molecule has 0 spiro atoms. The molecule has 3 heteroatoms. The molecule has 0 bridgehead atoms. The minimum absolute atomic E-state index is 0.623. The van der Waals surface area contributed by atoms with Gasteiger partial charge in [0.15, 0.2) is 0 Å². The Labute approximate surface area is 121 Å². The van der Waals surface area contributed by atoms with Crippen molar-refractivity contribution in [3.05, 3.63) is 24.4 Å². The number of rotatable bonds is 4. The van der Waals surface area contributed by atoms with Crippen molar-refractivity contribution in [2.75, 3.05) is 5.32 Å². The molecule has 0 saturated heterocycles. The summed E-state index contributed by atoms with van der Waals surface area (Å²) in [5.41, 5.74) is 2.35. The van der Waals surface area contributed by atoms with Crippen molar-refractivity contribution in [3.63, 3.8) is 0 Å². The summed E-state index contributed by atoms with van der Waals surface area (Å²) in [6.45, 7) is 2.31. The zero-order valence-electron chi connectivity index (χ0n) is 12.4. The van der Waals surface area contributed by atoms with Gasteiger partial charge in [-0.1, -0.05) is 38.7 Å². The molecule has 2 aromatic rings. The van der Waals surface area contributed by atoms with Crippen LogP contribution in [0.2, 0.25) is 0 Å². The van der Waals surface area contributed by atoms with Crippen LogP contribution in [0.4, 0.5) is 5.69 Å². The first kappa shape index (κ1) is 13.5. The number of anilines is 1. The van der Waals surface area contributed by atoms with E-state index < -0.39 is 0 Å². The molecule has 1 aromatic heterocycles. The third kappa shape index (κ3) is 2.97. The summed E-state index contributed by atoms with van der Waals surface area (Å²) in [5.74, 6) is 0.955. The van der Waals surface area contributed by atoms with Crippen LogP contribution in [0.15, 0.2) is 24.4 Å². The molecule has 2 N–H and O–H groups in total. The molecule has 0 radical (unpaired) electrons. The Morgan fingerprint density at radius 1 is 1.25 bits per heavy atom. The highest BCUT2D eigenvalue weighted by atomic mass is 15.1. The lowest BCUT2D eigenvalue weighted by atomic mass is 9.95. The fourth-order valence-electron chi connectivity index (χ4n) is 3.53. The smallest absolute Gasteiger partial charge is 0.0671 e. The van der Waals surface area contributed by atoms with Crippen LogP contribution < -0.4 is 5.32 Å². The van der Waals surface area contributed by atoms with Crippen LogP contribution in [0, 0.1) is 5.92 Å². The zero-order valence-corrected chi connectivity index (χ0v) is 12.4. The molecule has 20 heavy (non-hydrogen) atoms. The van der Waals surface area contributed by atoms with E-state index in [4.69, 9.17) is 0 Å². The third-order valence-corrected chi connectivity index (χ3v) is 4.63. The number of H-pyrrole nitrogens is 1. The Kier molecular flexibility index (Phi) is 4.24. The summed E-state index contributed by atoms with van der Waals surface area (Å²) >= 11 is 0. The first-order valence-electron chi connectivity index (χ1n) is 8.05. The average Bonchev–Trinajstić information content (AvgIpc) is 2.83. The highest BCUT2D eigenvalue weighted by Crippen LogP contribution is 2.30. The lowest BCUT2D eigenvalue weighted by molar-refractivity contribution is 0.422. The molecule has 108 valence electrons. The predicted octanol–water partition coefficient (Wildman–Crippen LogP) is 4.72. The first-order valence-corrected chi connectivity index (χ1v) is 8.05. The second-order valence-corrected chi connectivity index (χ2v) is 6.14. The lowest BCUT2D eigenvalue weighted by Crippen LogP contribution is -2.18. The van der Waals surface area contributed by atoms with Gasteiger partial charge in [-0.15, -0.1) is 0 Å². The molecule has 3 nitrogen and oxygen atoms in total. The van der Waals surface area contributed by atoms with Gasteiger partial charge in [0.1, 0.15) is 0 Å². The standard InChI is InChI=1S/C17H25N3/c1-2-5-13-6-3-7-14(11-10-13)19-16-8-4-9-17-15(16)12-18-20-17/h4,8-9,12-14,19H,2-3,5-7,10-11H2,1H3,(H,18,20). The van der Waals surface area contributed by atoms with E-state index >= 15 is 0 Å². The SMILES string of the molecule is CCCC1CCCC(Nc2cccc3[nH]ncc23)CC1. The second kappa shape index (κ2) is 6.29. The number of nitrogens with one attached hydrogen (secondary N) is 2. The van der Waals surface area contributed by atoms with Gasteiger partial charge >= 0.3 is 0 Å². The molecule has 1 aromatic carbocycles. The number of hydrogen-bond acceptors (Lipinski definition) is 2. The molecule has 0 aliphatic heterocycles. The van der Waals surface area contributed by atoms with Crippen molar-refractivity contribution in [2.45, 2.75) is 57.9 Å². The maximum Gasteiger partial charge on any atom is 0.0671 e. The Hall–Kier alpha value is -1.51.